The number of hydrogen-bond donors (Lipinski definition) is 0. The first kappa shape index (κ1) is 14.0. The summed E-state index contributed by atoms with van der Waals surface area (Å²) in [6, 6.07) is 7.74. The van der Waals surface area contributed by atoms with Crippen molar-refractivity contribution in [2.75, 3.05) is 0 Å². The lowest BCUT2D eigenvalue weighted by Gasteiger charge is -1.93. The summed E-state index contributed by atoms with van der Waals surface area (Å²) in [6.07, 6.45) is 7.48. The standard InChI is InChI=1S/C16H13N5OS/c1-11-2-3-14-18-13(9-21(14)8-11)10-23-16-20-19-15(22-16)12-4-6-17-7-5-12/h2-9H,10H2,1H3. The minimum atomic E-state index is 0.500. The lowest BCUT2D eigenvalue weighted by Crippen LogP contribution is -1.82. The Hall–Kier alpha value is -2.67. The van der Waals surface area contributed by atoms with Gasteiger partial charge in [-0.3, -0.25) is 4.98 Å². The van der Waals surface area contributed by atoms with Crippen LogP contribution in [0, 0.1) is 6.92 Å². The molecule has 0 radical (unpaired) electrons. The van der Waals surface area contributed by atoms with Crippen LogP contribution in [-0.4, -0.2) is 24.6 Å². The first-order valence-corrected chi connectivity index (χ1v) is 8.07. The van der Waals surface area contributed by atoms with E-state index in [0.717, 1.165) is 16.9 Å². The first-order chi connectivity index (χ1) is 11.3. The maximum absolute atomic E-state index is 5.66. The van der Waals surface area contributed by atoms with E-state index in [1.54, 1.807) is 12.4 Å². The normalized spacial score (nSPS) is 11.2. The molecule has 0 bridgehead atoms. The van der Waals surface area contributed by atoms with Gasteiger partial charge in [0.15, 0.2) is 0 Å². The minimum Gasteiger partial charge on any atom is -0.411 e. The van der Waals surface area contributed by atoms with Gasteiger partial charge in [-0.15, -0.1) is 10.2 Å². The van der Waals surface area contributed by atoms with E-state index in [9.17, 15) is 0 Å². The molecule has 23 heavy (non-hydrogen) atoms. The van der Waals surface area contributed by atoms with Crippen molar-refractivity contribution in [1.29, 1.82) is 0 Å². The molecule has 0 N–H and O–H groups in total. The smallest absolute Gasteiger partial charge is 0.277 e. The summed E-state index contributed by atoms with van der Waals surface area (Å²) in [5, 5.41) is 8.66. The van der Waals surface area contributed by atoms with Crippen LogP contribution in [0.2, 0.25) is 0 Å². The largest absolute Gasteiger partial charge is 0.411 e. The fraction of sp³-hybridized carbons (Fsp3) is 0.125. The third-order valence-electron chi connectivity index (χ3n) is 3.33. The molecule has 6 nitrogen and oxygen atoms in total. The number of aromatic nitrogens is 5. The maximum Gasteiger partial charge on any atom is 0.277 e. The van der Waals surface area contributed by atoms with Crippen LogP contribution in [0.4, 0.5) is 0 Å². The van der Waals surface area contributed by atoms with E-state index in [-0.39, 0.29) is 0 Å². The Morgan fingerprint density at radius 2 is 1.96 bits per heavy atom. The number of pyridine rings is 2. The molecule has 0 aliphatic rings. The number of thioether (sulfide) groups is 1. The van der Waals surface area contributed by atoms with E-state index in [1.807, 2.05) is 28.8 Å². The van der Waals surface area contributed by atoms with Crippen molar-refractivity contribution in [2.24, 2.45) is 0 Å². The van der Waals surface area contributed by atoms with Gasteiger partial charge in [0.05, 0.1) is 5.69 Å². The molecular weight excluding hydrogens is 310 g/mol. The summed E-state index contributed by atoms with van der Waals surface area (Å²) in [5.74, 6) is 1.18. The van der Waals surface area contributed by atoms with Crippen molar-refractivity contribution in [1.82, 2.24) is 24.6 Å². The predicted molar refractivity (Wildman–Crippen MR) is 87.0 cm³/mol. The lowest BCUT2D eigenvalue weighted by molar-refractivity contribution is 0.465. The minimum absolute atomic E-state index is 0.500. The second-order valence-electron chi connectivity index (χ2n) is 5.10. The molecule has 0 aliphatic carbocycles. The number of fused-ring (bicyclic) bond motifs is 1. The molecule has 7 heteroatoms. The van der Waals surface area contributed by atoms with E-state index in [1.165, 1.54) is 17.3 Å². The summed E-state index contributed by atoms with van der Waals surface area (Å²) in [5.41, 5.74) is 3.98. The fourth-order valence-electron chi connectivity index (χ4n) is 2.24. The van der Waals surface area contributed by atoms with Gasteiger partial charge in [0.1, 0.15) is 5.65 Å². The summed E-state index contributed by atoms with van der Waals surface area (Å²) >= 11 is 1.48. The molecule has 4 rings (SSSR count). The third-order valence-corrected chi connectivity index (χ3v) is 4.18. The molecule has 0 amide bonds. The average molecular weight is 323 g/mol. The van der Waals surface area contributed by atoms with Crippen molar-refractivity contribution >= 4 is 17.4 Å². The molecule has 0 aromatic carbocycles. The zero-order chi connectivity index (χ0) is 15.6. The number of hydrogen-bond acceptors (Lipinski definition) is 6. The van der Waals surface area contributed by atoms with Crippen molar-refractivity contribution in [3.05, 3.63) is 60.3 Å². The molecule has 0 unspecified atom stereocenters. The average Bonchev–Trinajstić information content (AvgIpc) is 3.20. The summed E-state index contributed by atoms with van der Waals surface area (Å²) in [6.45, 7) is 2.06. The van der Waals surface area contributed by atoms with E-state index >= 15 is 0 Å². The van der Waals surface area contributed by atoms with Gasteiger partial charge in [0, 0.05) is 36.1 Å². The molecule has 0 spiro atoms. The number of nitrogens with zero attached hydrogens (tertiary/aromatic N) is 5. The van der Waals surface area contributed by atoms with Crippen molar-refractivity contribution < 1.29 is 4.42 Å². The quantitative estimate of drug-likeness (QED) is 0.536. The van der Waals surface area contributed by atoms with Gasteiger partial charge >= 0.3 is 0 Å². The van der Waals surface area contributed by atoms with Crippen LogP contribution >= 0.6 is 11.8 Å². The van der Waals surface area contributed by atoms with E-state index in [0.29, 0.717) is 16.9 Å². The molecule has 4 aromatic heterocycles. The maximum atomic E-state index is 5.66. The first-order valence-electron chi connectivity index (χ1n) is 7.09. The number of imidazole rings is 1. The molecular formula is C16H13N5OS. The second kappa shape index (κ2) is 5.85. The number of aryl methyl sites for hydroxylation is 1. The Labute approximate surface area is 136 Å². The van der Waals surface area contributed by atoms with E-state index < -0.39 is 0 Å². The summed E-state index contributed by atoms with van der Waals surface area (Å²) < 4.78 is 7.69. The van der Waals surface area contributed by atoms with E-state index in [2.05, 4.69) is 39.4 Å². The van der Waals surface area contributed by atoms with Gasteiger partial charge in [-0.25, -0.2) is 4.98 Å². The van der Waals surface area contributed by atoms with Crippen LogP contribution in [0.25, 0.3) is 17.1 Å². The molecule has 0 atom stereocenters. The lowest BCUT2D eigenvalue weighted by atomic mass is 10.3. The van der Waals surface area contributed by atoms with Gasteiger partial charge in [-0.2, -0.15) is 0 Å². The van der Waals surface area contributed by atoms with Gasteiger partial charge < -0.3 is 8.82 Å². The van der Waals surface area contributed by atoms with Gasteiger partial charge in [0.25, 0.3) is 5.22 Å². The topological polar surface area (TPSA) is 69.1 Å². The van der Waals surface area contributed by atoms with Gasteiger partial charge in [0.2, 0.25) is 5.89 Å². The fourth-order valence-corrected chi connectivity index (χ4v) is 2.89. The zero-order valence-corrected chi connectivity index (χ0v) is 13.2. The van der Waals surface area contributed by atoms with Crippen LogP contribution in [0.1, 0.15) is 11.3 Å². The Kier molecular flexibility index (Phi) is 3.55. The third kappa shape index (κ3) is 2.95. The van der Waals surface area contributed by atoms with Crippen LogP contribution in [0.5, 0.6) is 0 Å². The predicted octanol–water partition coefficient (Wildman–Crippen LogP) is 3.38. The molecule has 4 heterocycles. The zero-order valence-electron chi connectivity index (χ0n) is 12.4. The SMILES string of the molecule is Cc1ccc2nc(CSc3nnc(-c4ccncc4)o3)cn2c1. The van der Waals surface area contributed by atoms with Crippen LogP contribution in [0.15, 0.2) is 58.7 Å². The highest BCUT2D eigenvalue weighted by molar-refractivity contribution is 7.98. The molecule has 4 aromatic rings. The Morgan fingerprint density at radius 3 is 2.83 bits per heavy atom. The Bertz CT molecular complexity index is 947. The Morgan fingerprint density at radius 1 is 1.09 bits per heavy atom. The summed E-state index contributed by atoms with van der Waals surface area (Å²) in [7, 11) is 0. The highest BCUT2D eigenvalue weighted by atomic mass is 32.2. The second-order valence-corrected chi connectivity index (χ2v) is 6.03. The molecule has 0 fully saturated rings. The van der Waals surface area contributed by atoms with E-state index in [4.69, 9.17) is 4.42 Å². The van der Waals surface area contributed by atoms with Gasteiger partial charge in [-0.1, -0.05) is 17.8 Å². The van der Waals surface area contributed by atoms with Crippen LogP contribution < -0.4 is 0 Å². The van der Waals surface area contributed by atoms with Crippen molar-refractivity contribution in [3.8, 4) is 11.5 Å². The highest BCUT2D eigenvalue weighted by Gasteiger charge is 2.10. The van der Waals surface area contributed by atoms with Gasteiger partial charge in [-0.05, 0) is 30.7 Å². The van der Waals surface area contributed by atoms with Crippen LogP contribution in [-0.2, 0) is 5.75 Å². The van der Waals surface area contributed by atoms with Crippen molar-refractivity contribution in [3.63, 3.8) is 0 Å². The molecule has 114 valence electrons. The molecule has 0 saturated carbocycles. The van der Waals surface area contributed by atoms with Crippen molar-refractivity contribution in [2.45, 2.75) is 17.9 Å². The van der Waals surface area contributed by atoms with Crippen LogP contribution in [0.3, 0.4) is 0 Å². The number of rotatable bonds is 4. The monoisotopic (exact) mass is 323 g/mol. The highest BCUT2D eigenvalue weighted by Crippen LogP contribution is 2.25. The summed E-state index contributed by atoms with van der Waals surface area (Å²) in [4.78, 5) is 8.55. The molecule has 0 aliphatic heterocycles. The molecule has 0 saturated heterocycles. The Balaban J connectivity index is 1.49.